The number of carbonyl (C=O) groups is 3. The van der Waals surface area contributed by atoms with Crippen molar-refractivity contribution in [3.63, 3.8) is 0 Å². The molecular weight excluding hydrogens is 334 g/mol. The summed E-state index contributed by atoms with van der Waals surface area (Å²) in [5.41, 5.74) is 6.71. The van der Waals surface area contributed by atoms with E-state index in [-0.39, 0.29) is 25.0 Å². The van der Waals surface area contributed by atoms with Crippen molar-refractivity contribution in [1.29, 1.82) is 0 Å². The third-order valence-electron chi connectivity index (χ3n) is 4.36. The van der Waals surface area contributed by atoms with Gasteiger partial charge in [0.05, 0.1) is 18.0 Å². The zero-order valence-corrected chi connectivity index (χ0v) is 14.0. The SMILES string of the molecule is CCOC(=O)C1CCC2C(=O)N(c3cc(Cl)ccc3N)CC(=O)N12. The zero-order chi connectivity index (χ0) is 17.4. The Morgan fingerprint density at radius 2 is 2.12 bits per heavy atom. The van der Waals surface area contributed by atoms with Gasteiger partial charge in [-0.15, -0.1) is 0 Å². The van der Waals surface area contributed by atoms with Gasteiger partial charge in [-0.25, -0.2) is 4.79 Å². The molecule has 0 saturated carbocycles. The molecule has 7 nitrogen and oxygen atoms in total. The molecular formula is C16H18ClN3O4. The number of amides is 2. The van der Waals surface area contributed by atoms with Crippen LogP contribution in [0.1, 0.15) is 19.8 Å². The van der Waals surface area contributed by atoms with E-state index < -0.39 is 18.1 Å². The fourth-order valence-corrected chi connectivity index (χ4v) is 3.47. The number of benzene rings is 1. The predicted molar refractivity (Wildman–Crippen MR) is 88.5 cm³/mol. The largest absolute Gasteiger partial charge is 0.464 e. The summed E-state index contributed by atoms with van der Waals surface area (Å²) in [7, 11) is 0. The van der Waals surface area contributed by atoms with Gasteiger partial charge in [0.1, 0.15) is 18.6 Å². The number of anilines is 2. The third kappa shape index (κ3) is 2.69. The number of hydrogen-bond donors (Lipinski definition) is 1. The van der Waals surface area contributed by atoms with Crippen molar-refractivity contribution in [2.24, 2.45) is 0 Å². The first-order chi connectivity index (χ1) is 11.4. The quantitative estimate of drug-likeness (QED) is 0.652. The van der Waals surface area contributed by atoms with Gasteiger partial charge < -0.3 is 15.4 Å². The molecule has 2 atom stereocenters. The average Bonchev–Trinajstić information content (AvgIpc) is 2.99. The molecule has 24 heavy (non-hydrogen) atoms. The van der Waals surface area contributed by atoms with Crippen LogP contribution in [-0.2, 0) is 19.1 Å². The van der Waals surface area contributed by atoms with Gasteiger partial charge >= 0.3 is 5.97 Å². The van der Waals surface area contributed by atoms with Gasteiger partial charge in [-0.3, -0.25) is 14.5 Å². The lowest BCUT2D eigenvalue weighted by molar-refractivity contribution is -0.156. The molecule has 2 unspecified atom stereocenters. The predicted octanol–water partition coefficient (Wildman–Crippen LogP) is 1.19. The Morgan fingerprint density at radius 1 is 1.38 bits per heavy atom. The first-order valence-corrected chi connectivity index (χ1v) is 8.16. The fraction of sp³-hybridized carbons (Fsp3) is 0.438. The molecule has 0 bridgehead atoms. The summed E-state index contributed by atoms with van der Waals surface area (Å²) >= 11 is 5.98. The van der Waals surface area contributed by atoms with Crippen molar-refractivity contribution in [1.82, 2.24) is 4.90 Å². The smallest absolute Gasteiger partial charge is 0.328 e. The molecule has 2 N–H and O–H groups in total. The second kappa shape index (κ2) is 6.32. The van der Waals surface area contributed by atoms with Crippen molar-refractivity contribution in [2.75, 3.05) is 23.8 Å². The summed E-state index contributed by atoms with van der Waals surface area (Å²) < 4.78 is 5.01. The number of nitrogen functional groups attached to an aromatic ring is 1. The molecule has 2 aliphatic rings. The number of fused-ring (bicyclic) bond motifs is 1. The highest BCUT2D eigenvalue weighted by Gasteiger charge is 2.50. The van der Waals surface area contributed by atoms with Crippen LogP contribution in [0.2, 0.25) is 5.02 Å². The Kier molecular flexibility index (Phi) is 4.36. The lowest BCUT2D eigenvalue weighted by atomic mass is 10.1. The summed E-state index contributed by atoms with van der Waals surface area (Å²) in [4.78, 5) is 40.1. The molecule has 3 rings (SSSR count). The maximum atomic E-state index is 12.8. The summed E-state index contributed by atoms with van der Waals surface area (Å²) in [6.45, 7) is 1.77. The van der Waals surface area contributed by atoms with Crippen LogP contribution in [0.25, 0.3) is 0 Å². The molecule has 0 spiro atoms. The van der Waals surface area contributed by atoms with E-state index in [0.29, 0.717) is 29.2 Å². The molecule has 2 amide bonds. The summed E-state index contributed by atoms with van der Waals surface area (Å²) in [6, 6.07) is 3.42. The van der Waals surface area contributed by atoms with Crippen LogP contribution in [0.15, 0.2) is 18.2 Å². The molecule has 2 saturated heterocycles. The van der Waals surface area contributed by atoms with Crippen LogP contribution in [0.3, 0.4) is 0 Å². The molecule has 2 aliphatic heterocycles. The second-order valence-electron chi connectivity index (χ2n) is 5.79. The number of esters is 1. The number of rotatable bonds is 3. The van der Waals surface area contributed by atoms with E-state index >= 15 is 0 Å². The van der Waals surface area contributed by atoms with E-state index in [1.54, 1.807) is 25.1 Å². The van der Waals surface area contributed by atoms with Crippen LogP contribution in [0.4, 0.5) is 11.4 Å². The van der Waals surface area contributed by atoms with E-state index in [2.05, 4.69) is 0 Å². The highest BCUT2D eigenvalue weighted by atomic mass is 35.5. The Balaban J connectivity index is 1.88. The number of halogens is 1. The van der Waals surface area contributed by atoms with E-state index in [0.717, 1.165) is 0 Å². The first kappa shape index (κ1) is 16.6. The van der Waals surface area contributed by atoms with Crippen LogP contribution in [0.5, 0.6) is 0 Å². The van der Waals surface area contributed by atoms with E-state index in [1.165, 1.54) is 9.80 Å². The van der Waals surface area contributed by atoms with Gasteiger partial charge in [0.25, 0.3) is 0 Å². The summed E-state index contributed by atoms with van der Waals surface area (Å²) in [5.74, 6) is -1.01. The van der Waals surface area contributed by atoms with Crippen molar-refractivity contribution in [3.05, 3.63) is 23.2 Å². The normalized spacial score (nSPS) is 23.4. The molecule has 1 aromatic carbocycles. The Hall–Kier alpha value is -2.28. The number of nitrogens with two attached hydrogens (primary N) is 1. The van der Waals surface area contributed by atoms with Crippen molar-refractivity contribution < 1.29 is 19.1 Å². The lowest BCUT2D eigenvalue weighted by Crippen LogP contribution is -2.60. The maximum absolute atomic E-state index is 12.8. The first-order valence-electron chi connectivity index (χ1n) is 7.78. The highest BCUT2D eigenvalue weighted by molar-refractivity contribution is 6.31. The van der Waals surface area contributed by atoms with Gasteiger partial charge in [0.2, 0.25) is 11.8 Å². The molecule has 0 aromatic heterocycles. The van der Waals surface area contributed by atoms with Crippen molar-refractivity contribution in [2.45, 2.75) is 31.8 Å². The molecule has 2 heterocycles. The van der Waals surface area contributed by atoms with Gasteiger partial charge in [0, 0.05) is 5.02 Å². The van der Waals surface area contributed by atoms with Crippen LogP contribution in [-0.4, -0.2) is 47.9 Å². The zero-order valence-electron chi connectivity index (χ0n) is 13.2. The van der Waals surface area contributed by atoms with Gasteiger partial charge in [-0.05, 0) is 38.0 Å². The second-order valence-corrected chi connectivity index (χ2v) is 6.23. The summed E-state index contributed by atoms with van der Waals surface area (Å²) in [6.07, 6.45) is 0.838. The van der Waals surface area contributed by atoms with E-state index in [9.17, 15) is 14.4 Å². The molecule has 2 fully saturated rings. The monoisotopic (exact) mass is 351 g/mol. The maximum Gasteiger partial charge on any atom is 0.328 e. The molecule has 128 valence electrons. The molecule has 0 radical (unpaired) electrons. The number of piperazine rings is 1. The van der Waals surface area contributed by atoms with Crippen molar-refractivity contribution in [3.8, 4) is 0 Å². The molecule has 8 heteroatoms. The minimum Gasteiger partial charge on any atom is -0.464 e. The van der Waals surface area contributed by atoms with Crippen molar-refractivity contribution >= 4 is 40.8 Å². The van der Waals surface area contributed by atoms with Gasteiger partial charge in [-0.2, -0.15) is 0 Å². The summed E-state index contributed by atoms with van der Waals surface area (Å²) in [5, 5.41) is 0.428. The standard InChI is InChI=1S/C16H18ClN3O4/c1-2-24-16(23)12-6-5-11-15(22)19(8-14(21)20(11)12)13-7-9(17)3-4-10(13)18/h3-4,7,11-12H,2,5-6,8,18H2,1H3. The number of hydrogen-bond acceptors (Lipinski definition) is 5. The number of ether oxygens (including phenoxy) is 1. The Bertz CT molecular complexity index is 709. The Labute approximate surface area is 144 Å². The third-order valence-corrected chi connectivity index (χ3v) is 4.59. The van der Waals surface area contributed by atoms with Crippen LogP contribution in [0, 0.1) is 0 Å². The number of nitrogens with zero attached hydrogens (tertiary/aromatic N) is 2. The minimum atomic E-state index is -0.690. The van der Waals surface area contributed by atoms with Crippen LogP contribution < -0.4 is 10.6 Å². The van der Waals surface area contributed by atoms with E-state index in [1.807, 2.05) is 0 Å². The highest BCUT2D eigenvalue weighted by Crippen LogP contribution is 2.35. The van der Waals surface area contributed by atoms with Crippen LogP contribution >= 0.6 is 11.6 Å². The van der Waals surface area contributed by atoms with E-state index in [4.69, 9.17) is 22.1 Å². The number of carbonyl (C=O) groups excluding carboxylic acids is 3. The van der Waals surface area contributed by atoms with Gasteiger partial charge in [0.15, 0.2) is 0 Å². The Morgan fingerprint density at radius 3 is 2.83 bits per heavy atom. The average molecular weight is 352 g/mol. The molecule has 1 aromatic rings. The lowest BCUT2D eigenvalue weighted by Gasteiger charge is -2.38. The van der Waals surface area contributed by atoms with Gasteiger partial charge in [-0.1, -0.05) is 11.6 Å². The molecule has 0 aliphatic carbocycles. The fourth-order valence-electron chi connectivity index (χ4n) is 3.30. The minimum absolute atomic E-state index is 0.171. The topological polar surface area (TPSA) is 92.9 Å².